The normalized spacial score (nSPS) is 14.5. The van der Waals surface area contributed by atoms with E-state index in [1.54, 1.807) is 0 Å². The summed E-state index contributed by atoms with van der Waals surface area (Å²) in [7, 11) is 0. The second kappa shape index (κ2) is 9.47. The third kappa shape index (κ3) is 4.10. The van der Waals surface area contributed by atoms with E-state index in [0.29, 0.717) is 6.54 Å². The van der Waals surface area contributed by atoms with E-state index < -0.39 is 0 Å². The molecule has 0 aliphatic carbocycles. The first-order valence-electron chi connectivity index (χ1n) is 12.7. The van der Waals surface area contributed by atoms with Crippen molar-refractivity contribution in [3.8, 4) is 11.5 Å². The van der Waals surface area contributed by atoms with Crippen LogP contribution in [0, 0.1) is 6.92 Å². The van der Waals surface area contributed by atoms with Crippen LogP contribution in [0.15, 0.2) is 103 Å². The first-order chi connectivity index (χ1) is 18.1. The maximum atomic E-state index is 14.0. The smallest absolute Gasteiger partial charge is 0.308 e. The Kier molecular flexibility index (Phi) is 5.85. The van der Waals surface area contributed by atoms with Crippen molar-refractivity contribution in [1.29, 1.82) is 0 Å². The Bertz CT molecular complexity index is 1530. The van der Waals surface area contributed by atoms with Crippen LogP contribution in [0.3, 0.4) is 0 Å². The quantitative estimate of drug-likeness (QED) is 0.308. The zero-order valence-corrected chi connectivity index (χ0v) is 21.0. The summed E-state index contributed by atoms with van der Waals surface area (Å²) in [6, 6.07) is 32.0. The number of hydrogen-bond acceptors (Lipinski definition) is 2. The highest BCUT2D eigenvalue weighted by Gasteiger charge is 2.36. The second-order valence-electron chi connectivity index (χ2n) is 9.39. The average Bonchev–Trinajstić information content (AvgIpc) is 3.51. The molecule has 1 aliphatic rings. The molecule has 3 aromatic carbocycles. The number of fused-ring (bicyclic) bond motifs is 3. The molecule has 6 rings (SSSR count). The number of nitrogens with one attached hydrogen (secondary N) is 1. The number of urea groups is 1. The van der Waals surface area contributed by atoms with Crippen LogP contribution in [0.1, 0.15) is 41.0 Å². The van der Waals surface area contributed by atoms with Crippen LogP contribution in [0.5, 0.6) is 0 Å². The molecule has 6 heteroatoms. The van der Waals surface area contributed by atoms with Crippen molar-refractivity contribution < 1.29 is 4.79 Å². The van der Waals surface area contributed by atoms with Gasteiger partial charge in [-0.15, -0.1) is 0 Å². The van der Waals surface area contributed by atoms with Gasteiger partial charge in [-0.1, -0.05) is 73.2 Å². The zero-order chi connectivity index (χ0) is 25.4. The number of para-hydroxylation sites is 2. The van der Waals surface area contributed by atoms with Gasteiger partial charge < -0.3 is 14.8 Å². The van der Waals surface area contributed by atoms with Gasteiger partial charge in [-0.2, -0.15) is 5.10 Å². The van der Waals surface area contributed by atoms with Crippen molar-refractivity contribution in [2.24, 2.45) is 0 Å². The molecular weight excluding hydrogens is 458 g/mol. The van der Waals surface area contributed by atoms with Gasteiger partial charge in [-0.3, -0.25) is 0 Å². The minimum Gasteiger partial charge on any atom is -0.308 e. The van der Waals surface area contributed by atoms with Gasteiger partial charge in [0, 0.05) is 17.4 Å². The van der Waals surface area contributed by atoms with E-state index in [4.69, 9.17) is 5.10 Å². The molecule has 1 atom stereocenters. The summed E-state index contributed by atoms with van der Waals surface area (Å²) < 4.78 is 4.22. The van der Waals surface area contributed by atoms with E-state index in [-0.39, 0.29) is 12.1 Å². The fourth-order valence-corrected chi connectivity index (χ4v) is 5.16. The number of hydrogen-bond donors (Lipinski definition) is 1. The monoisotopic (exact) mass is 487 g/mol. The number of nitrogens with zero attached hydrogens (tertiary/aromatic N) is 4. The molecule has 0 fully saturated rings. The molecule has 3 heterocycles. The maximum Gasteiger partial charge on any atom is 0.322 e. The molecule has 1 N–H and O–H groups in total. The molecule has 2 amide bonds. The fraction of sp³-hybridized carbons (Fsp3) is 0.161. The summed E-state index contributed by atoms with van der Waals surface area (Å²) in [6.07, 6.45) is 2.84. The Morgan fingerprint density at radius 2 is 1.62 bits per heavy atom. The number of rotatable bonds is 4. The summed E-state index contributed by atoms with van der Waals surface area (Å²) in [4.78, 5) is 15.9. The molecule has 0 bridgehead atoms. The Morgan fingerprint density at radius 3 is 2.32 bits per heavy atom. The van der Waals surface area contributed by atoms with Crippen LogP contribution in [0.25, 0.3) is 11.5 Å². The first kappa shape index (κ1) is 22.9. The Morgan fingerprint density at radius 1 is 0.919 bits per heavy atom. The van der Waals surface area contributed by atoms with Crippen molar-refractivity contribution in [2.45, 2.75) is 32.9 Å². The molecule has 5 aromatic rings. The third-order valence-electron chi connectivity index (χ3n) is 6.98. The molecule has 0 saturated heterocycles. The van der Waals surface area contributed by atoms with Crippen molar-refractivity contribution >= 4 is 11.7 Å². The summed E-state index contributed by atoms with van der Waals surface area (Å²) in [5.74, 6) is 0.982. The summed E-state index contributed by atoms with van der Waals surface area (Å²) >= 11 is 0. The highest BCUT2D eigenvalue weighted by Crippen LogP contribution is 2.39. The molecule has 0 saturated carbocycles. The lowest BCUT2D eigenvalue weighted by atomic mass is 10.0. The summed E-state index contributed by atoms with van der Waals surface area (Å²) in [6.45, 7) is 4.63. The number of benzene rings is 3. The molecule has 1 aliphatic heterocycles. The molecule has 6 nitrogen and oxygen atoms in total. The first-order valence-corrected chi connectivity index (χ1v) is 12.7. The molecule has 0 radical (unpaired) electrons. The molecule has 0 unspecified atom stereocenters. The lowest BCUT2D eigenvalue weighted by molar-refractivity contribution is 0.194. The zero-order valence-electron chi connectivity index (χ0n) is 21.0. The number of anilines is 1. The number of amides is 2. The minimum atomic E-state index is -0.277. The molecule has 0 spiro atoms. The highest BCUT2D eigenvalue weighted by atomic mass is 16.2. The predicted molar refractivity (Wildman–Crippen MR) is 146 cm³/mol. The number of aryl methyl sites for hydroxylation is 2. The second-order valence-corrected chi connectivity index (χ2v) is 9.39. The minimum absolute atomic E-state index is 0.146. The number of aromatic nitrogens is 3. The van der Waals surface area contributed by atoms with Gasteiger partial charge in [-0.05, 0) is 55.3 Å². The van der Waals surface area contributed by atoms with Crippen molar-refractivity contribution in [2.75, 3.05) is 5.32 Å². The number of carbonyl (C=O) groups is 1. The van der Waals surface area contributed by atoms with Gasteiger partial charge >= 0.3 is 6.03 Å². The van der Waals surface area contributed by atoms with Crippen molar-refractivity contribution in [3.63, 3.8) is 0 Å². The Balaban J connectivity index is 1.56. The molecule has 37 heavy (non-hydrogen) atoms. The predicted octanol–water partition coefficient (Wildman–Crippen LogP) is 6.67. The van der Waals surface area contributed by atoms with E-state index in [2.05, 4.69) is 72.4 Å². The standard InChI is InChI=1S/C31H29N5O/c1-3-27-26-21-35(31(37)32-24-11-6-4-7-12-24)29(23-18-16-22(2)17-19-23)28-15-10-20-34(28)30(26)36(33-27)25-13-8-5-9-14-25/h4-20,29H,3,21H2,1-2H3,(H,32,37)/t29-/m0/s1. The van der Waals surface area contributed by atoms with Crippen LogP contribution in [-0.4, -0.2) is 25.3 Å². The largest absolute Gasteiger partial charge is 0.322 e. The molecule has 184 valence electrons. The van der Waals surface area contributed by atoms with Gasteiger partial charge in [-0.25, -0.2) is 9.48 Å². The topological polar surface area (TPSA) is 55.1 Å². The highest BCUT2D eigenvalue weighted by molar-refractivity contribution is 5.90. The van der Waals surface area contributed by atoms with Crippen LogP contribution >= 0.6 is 0 Å². The van der Waals surface area contributed by atoms with Gasteiger partial charge in [0.1, 0.15) is 5.82 Å². The third-order valence-corrected chi connectivity index (χ3v) is 6.98. The van der Waals surface area contributed by atoms with E-state index in [1.165, 1.54) is 5.56 Å². The van der Waals surface area contributed by atoms with Gasteiger partial charge in [0.15, 0.2) is 0 Å². The van der Waals surface area contributed by atoms with Crippen molar-refractivity contribution in [1.82, 2.24) is 19.2 Å². The Labute approximate surface area is 216 Å². The van der Waals surface area contributed by atoms with Crippen LogP contribution in [-0.2, 0) is 13.0 Å². The lowest BCUT2D eigenvalue weighted by Crippen LogP contribution is -2.38. The Hall–Kier alpha value is -4.58. The van der Waals surface area contributed by atoms with Crippen LogP contribution in [0.2, 0.25) is 0 Å². The van der Waals surface area contributed by atoms with Crippen LogP contribution < -0.4 is 5.32 Å². The van der Waals surface area contributed by atoms with Crippen LogP contribution in [0.4, 0.5) is 10.5 Å². The lowest BCUT2D eigenvalue weighted by Gasteiger charge is -2.31. The van der Waals surface area contributed by atoms with Gasteiger partial charge in [0.05, 0.1) is 29.7 Å². The molecular formula is C31H29N5O. The van der Waals surface area contributed by atoms with Gasteiger partial charge in [0.25, 0.3) is 0 Å². The SMILES string of the molecule is CCc1nn(-c2ccccc2)c2c1CN(C(=O)Nc1ccccc1)[C@@H](c1ccc(C)cc1)c1cccn1-2. The fourth-order valence-electron chi connectivity index (χ4n) is 5.16. The van der Waals surface area contributed by atoms with Gasteiger partial charge in [0.2, 0.25) is 0 Å². The average molecular weight is 488 g/mol. The van der Waals surface area contributed by atoms with E-state index in [0.717, 1.165) is 46.1 Å². The van der Waals surface area contributed by atoms with Crippen molar-refractivity contribution in [3.05, 3.63) is 131 Å². The van der Waals surface area contributed by atoms with E-state index >= 15 is 0 Å². The summed E-state index contributed by atoms with van der Waals surface area (Å²) in [5.41, 5.74) is 7.08. The van der Waals surface area contributed by atoms with E-state index in [9.17, 15) is 4.79 Å². The number of carbonyl (C=O) groups excluding carboxylic acids is 1. The van der Waals surface area contributed by atoms with E-state index in [1.807, 2.05) is 64.2 Å². The molecule has 2 aromatic heterocycles. The maximum absolute atomic E-state index is 14.0. The summed E-state index contributed by atoms with van der Waals surface area (Å²) in [5, 5.41) is 8.16.